The highest BCUT2D eigenvalue weighted by molar-refractivity contribution is 7.98. The number of rotatable bonds is 3. The number of halogens is 2. The molecule has 0 atom stereocenters. The minimum absolute atomic E-state index is 0.677. The van der Waals surface area contributed by atoms with Crippen LogP contribution in [-0.2, 0) is 5.75 Å². The number of anilines is 1. The Hall–Kier alpha value is -0.900. The normalized spacial score (nSPS) is 10.5. The summed E-state index contributed by atoms with van der Waals surface area (Å²) in [6, 6.07) is 9.06. The van der Waals surface area contributed by atoms with Crippen molar-refractivity contribution in [2.45, 2.75) is 10.8 Å². The van der Waals surface area contributed by atoms with Crippen LogP contribution < -0.4 is 5.73 Å². The van der Waals surface area contributed by atoms with E-state index in [-0.39, 0.29) is 0 Å². The van der Waals surface area contributed by atoms with Gasteiger partial charge in [-0.3, -0.25) is 0 Å². The van der Waals surface area contributed by atoms with Crippen LogP contribution in [0.3, 0.4) is 0 Å². The van der Waals surface area contributed by atoms with Crippen LogP contribution in [0.2, 0.25) is 10.0 Å². The standard InChI is InChI=1S/C12H10Cl2N2S/c13-9-3-4-10(14)8(6-9)7-17-12-11(15)2-1-5-16-12/h1-6H,7,15H2. The number of nitrogens with zero attached hydrogens (tertiary/aromatic N) is 1. The predicted molar refractivity (Wildman–Crippen MR) is 74.7 cm³/mol. The highest BCUT2D eigenvalue weighted by atomic mass is 35.5. The first-order valence-corrected chi connectivity index (χ1v) is 6.68. The van der Waals surface area contributed by atoms with Crippen molar-refractivity contribution in [2.24, 2.45) is 0 Å². The van der Waals surface area contributed by atoms with E-state index in [1.807, 2.05) is 18.2 Å². The van der Waals surface area contributed by atoms with E-state index in [9.17, 15) is 0 Å². The summed E-state index contributed by atoms with van der Waals surface area (Å²) in [5, 5.41) is 2.19. The zero-order valence-electron chi connectivity index (χ0n) is 8.86. The molecule has 0 unspecified atom stereocenters. The van der Waals surface area contributed by atoms with E-state index >= 15 is 0 Å². The fourth-order valence-electron chi connectivity index (χ4n) is 1.32. The summed E-state index contributed by atoms with van der Waals surface area (Å²) in [5.74, 6) is 0.695. The molecule has 0 radical (unpaired) electrons. The van der Waals surface area contributed by atoms with E-state index in [2.05, 4.69) is 4.98 Å². The van der Waals surface area contributed by atoms with Crippen molar-refractivity contribution in [1.82, 2.24) is 4.98 Å². The summed E-state index contributed by atoms with van der Waals surface area (Å²) in [5.41, 5.74) is 7.47. The molecule has 0 aliphatic rings. The van der Waals surface area contributed by atoms with Gasteiger partial charge in [0.25, 0.3) is 0 Å². The lowest BCUT2D eigenvalue weighted by atomic mass is 10.2. The summed E-state index contributed by atoms with van der Waals surface area (Å²) in [7, 11) is 0. The van der Waals surface area contributed by atoms with E-state index in [0.29, 0.717) is 21.5 Å². The third-order valence-electron chi connectivity index (χ3n) is 2.17. The monoisotopic (exact) mass is 284 g/mol. The summed E-state index contributed by atoms with van der Waals surface area (Å²) in [6.45, 7) is 0. The lowest BCUT2D eigenvalue weighted by Crippen LogP contribution is -1.91. The van der Waals surface area contributed by atoms with Crippen LogP contribution in [0.1, 0.15) is 5.56 Å². The number of nitrogen functional groups attached to an aromatic ring is 1. The first-order chi connectivity index (χ1) is 8.16. The molecule has 0 saturated carbocycles. The average Bonchev–Trinajstić information content (AvgIpc) is 2.32. The van der Waals surface area contributed by atoms with Gasteiger partial charge in [-0.05, 0) is 35.9 Å². The van der Waals surface area contributed by atoms with Crippen molar-refractivity contribution in [3.63, 3.8) is 0 Å². The van der Waals surface area contributed by atoms with Crippen LogP contribution in [0, 0.1) is 0 Å². The number of benzene rings is 1. The predicted octanol–water partition coefficient (Wildman–Crippen LogP) is 4.26. The molecule has 1 aromatic heterocycles. The average molecular weight is 285 g/mol. The van der Waals surface area contributed by atoms with Gasteiger partial charge in [-0.1, -0.05) is 35.0 Å². The highest BCUT2D eigenvalue weighted by Crippen LogP contribution is 2.29. The molecule has 2 nitrogen and oxygen atoms in total. The number of hydrogen-bond donors (Lipinski definition) is 1. The Balaban J connectivity index is 2.12. The molecule has 2 N–H and O–H groups in total. The summed E-state index contributed by atoms with van der Waals surface area (Å²) >= 11 is 13.5. The minimum atomic E-state index is 0.677. The van der Waals surface area contributed by atoms with Gasteiger partial charge in [0.05, 0.1) is 5.69 Å². The fraction of sp³-hybridized carbons (Fsp3) is 0.0833. The summed E-state index contributed by atoms with van der Waals surface area (Å²) in [4.78, 5) is 4.21. The Bertz CT molecular complexity index is 532. The van der Waals surface area contributed by atoms with Gasteiger partial charge in [0.15, 0.2) is 0 Å². The molecule has 1 aromatic carbocycles. The SMILES string of the molecule is Nc1cccnc1SCc1cc(Cl)ccc1Cl. The lowest BCUT2D eigenvalue weighted by Gasteiger charge is -2.06. The third kappa shape index (κ3) is 3.28. The molecule has 5 heteroatoms. The topological polar surface area (TPSA) is 38.9 Å². The smallest absolute Gasteiger partial charge is 0.119 e. The van der Waals surface area contributed by atoms with Gasteiger partial charge < -0.3 is 5.73 Å². The lowest BCUT2D eigenvalue weighted by molar-refractivity contribution is 1.14. The molecule has 1 heterocycles. The van der Waals surface area contributed by atoms with Crippen LogP contribution in [0.5, 0.6) is 0 Å². The maximum absolute atomic E-state index is 6.08. The largest absolute Gasteiger partial charge is 0.397 e. The van der Waals surface area contributed by atoms with Crippen LogP contribution in [0.4, 0.5) is 5.69 Å². The van der Waals surface area contributed by atoms with Gasteiger partial charge in [-0.25, -0.2) is 4.98 Å². The second-order valence-corrected chi connectivity index (χ2v) is 5.23. The van der Waals surface area contributed by atoms with Crippen molar-refractivity contribution in [1.29, 1.82) is 0 Å². The zero-order chi connectivity index (χ0) is 12.3. The Morgan fingerprint density at radius 2 is 2.06 bits per heavy atom. The molecule has 88 valence electrons. The van der Waals surface area contributed by atoms with Crippen LogP contribution in [-0.4, -0.2) is 4.98 Å². The van der Waals surface area contributed by atoms with E-state index in [0.717, 1.165) is 10.6 Å². The molecule has 0 aliphatic carbocycles. The van der Waals surface area contributed by atoms with Crippen molar-refractivity contribution in [2.75, 3.05) is 5.73 Å². The number of thioether (sulfide) groups is 1. The summed E-state index contributed by atoms with van der Waals surface area (Å²) in [6.07, 6.45) is 1.72. The molecule has 2 rings (SSSR count). The molecule has 0 amide bonds. The Morgan fingerprint density at radius 1 is 1.24 bits per heavy atom. The molecule has 0 aliphatic heterocycles. The first-order valence-electron chi connectivity index (χ1n) is 4.94. The van der Waals surface area contributed by atoms with E-state index in [1.54, 1.807) is 30.1 Å². The van der Waals surface area contributed by atoms with Gasteiger partial charge in [0.1, 0.15) is 5.03 Å². The van der Waals surface area contributed by atoms with E-state index < -0.39 is 0 Å². The van der Waals surface area contributed by atoms with Gasteiger partial charge >= 0.3 is 0 Å². The summed E-state index contributed by atoms with van der Waals surface area (Å²) < 4.78 is 0. The molecule has 2 aromatic rings. The maximum Gasteiger partial charge on any atom is 0.119 e. The quantitative estimate of drug-likeness (QED) is 0.856. The molecule has 17 heavy (non-hydrogen) atoms. The number of aromatic nitrogens is 1. The number of hydrogen-bond acceptors (Lipinski definition) is 3. The van der Waals surface area contributed by atoms with Gasteiger partial charge in [-0.15, -0.1) is 0 Å². The second kappa shape index (κ2) is 5.63. The van der Waals surface area contributed by atoms with Crippen molar-refractivity contribution in [3.8, 4) is 0 Å². The first kappa shape index (κ1) is 12.6. The van der Waals surface area contributed by atoms with Gasteiger partial charge in [-0.2, -0.15) is 0 Å². The van der Waals surface area contributed by atoms with Crippen molar-refractivity contribution < 1.29 is 0 Å². The Morgan fingerprint density at radius 3 is 2.82 bits per heavy atom. The number of pyridine rings is 1. The second-order valence-electron chi connectivity index (χ2n) is 3.42. The van der Waals surface area contributed by atoms with Crippen LogP contribution >= 0.6 is 35.0 Å². The van der Waals surface area contributed by atoms with Crippen LogP contribution in [0.15, 0.2) is 41.6 Å². The molecule has 0 saturated heterocycles. The van der Waals surface area contributed by atoms with E-state index in [1.165, 1.54) is 0 Å². The fourth-order valence-corrected chi connectivity index (χ4v) is 2.68. The Kier molecular flexibility index (Phi) is 4.15. The maximum atomic E-state index is 6.08. The molecule has 0 spiro atoms. The molecule has 0 bridgehead atoms. The van der Waals surface area contributed by atoms with Crippen molar-refractivity contribution >= 4 is 40.7 Å². The van der Waals surface area contributed by atoms with Crippen LogP contribution in [0.25, 0.3) is 0 Å². The Labute approximate surface area is 114 Å². The third-order valence-corrected chi connectivity index (χ3v) is 3.85. The van der Waals surface area contributed by atoms with Gasteiger partial charge in [0, 0.05) is 22.0 Å². The van der Waals surface area contributed by atoms with E-state index in [4.69, 9.17) is 28.9 Å². The minimum Gasteiger partial charge on any atom is -0.397 e. The zero-order valence-corrected chi connectivity index (χ0v) is 11.2. The highest BCUT2D eigenvalue weighted by Gasteiger charge is 2.05. The van der Waals surface area contributed by atoms with Crippen molar-refractivity contribution in [3.05, 3.63) is 52.1 Å². The van der Waals surface area contributed by atoms with Gasteiger partial charge in [0.2, 0.25) is 0 Å². The molecular formula is C12H10Cl2N2S. The number of nitrogens with two attached hydrogens (primary N) is 1. The molecule has 0 fully saturated rings. The molecular weight excluding hydrogens is 275 g/mol.